The molecule has 6 nitrogen and oxygen atoms in total. The number of hydrogen-bond acceptors (Lipinski definition) is 5. The van der Waals surface area contributed by atoms with Crippen LogP contribution in [0.3, 0.4) is 0 Å². The summed E-state index contributed by atoms with van der Waals surface area (Å²) in [5, 5.41) is 1.61. The van der Waals surface area contributed by atoms with Gasteiger partial charge in [0.15, 0.2) is 0 Å². The molecule has 1 aliphatic rings. The Kier molecular flexibility index (Phi) is 4.70. The van der Waals surface area contributed by atoms with Gasteiger partial charge < -0.3 is 18.0 Å². The molecule has 2 aromatic heterocycles. The zero-order valence-corrected chi connectivity index (χ0v) is 18.6. The van der Waals surface area contributed by atoms with Crippen molar-refractivity contribution in [3.8, 4) is 0 Å². The lowest BCUT2D eigenvalue weighted by atomic mass is 9.97. The fourth-order valence-corrected chi connectivity index (χ4v) is 6.78. The molecular formula is C24H24NO5P. The molecule has 160 valence electrons. The monoisotopic (exact) mass is 437 g/mol. The van der Waals surface area contributed by atoms with Crippen LogP contribution in [0.25, 0.3) is 21.8 Å². The molecule has 0 radical (unpaired) electrons. The minimum atomic E-state index is -3.61. The summed E-state index contributed by atoms with van der Waals surface area (Å²) in [5.74, 6) is 0. The van der Waals surface area contributed by atoms with Crippen molar-refractivity contribution < 1.29 is 18.0 Å². The standard InChI is InChI=1S/C24H24NO5P/c1-24(2)14-29-31(27,30-15-24)22(16-9-5-4-6-10-16)18-13-28-23(26)21-20(18)17-11-7-8-12-19(17)25(21)3/h4-13,22H,14-15H2,1-3H3/t22-/m0/s1. The van der Waals surface area contributed by atoms with Crippen molar-refractivity contribution in [2.75, 3.05) is 13.2 Å². The fourth-order valence-electron chi connectivity index (χ4n) is 4.28. The third-order valence-corrected chi connectivity index (χ3v) is 8.07. The molecule has 0 unspecified atom stereocenters. The summed E-state index contributed by atoms with van der Waals surface area (Å²) < 4.78 is 33.3. The highest BCUT2D eigenvalue weighted by molar-refractivity contribution is 7.54. The molecule has 1 fully saturated rings. The van der Waals surface area contributed by atoms with Gasteiger partial charge in [0.2, 0.25) is 0 Å². The van der Waals surface area contributed by atoms with E-state index in [-0.39, 0.29) is 5.41 Å². The second-order valence-corrected chi connectivity index (χ2v) is 11.0. The molecule has 1 aliphatic heterocycles. The minimum absolute atomic E-state index is 0.229. The van der Waals surface area contributed by atoms with Crippen molar-refractivity contribution in [1.29, 1.82) is 0 Å². The van der Waals surface area contributed by atoms with E-state index in [4.69, 9.17) is 13.5 Å². The van der Waals surface area contributed by atoms with Gasteiger partial charge in [0, 0.05) is 34.3 Å². The second-order valence-electron chi connectivity index (χ2n) is 8.84. The predicted molar refractivity (Wildman–Crippen MR) is 121 cm³/mol. The maximum atomic E-state index is 14.1. The Labute approximate surface area is 179 Å². The Balaban J connectivity index is 1.83. The lowest BCUT2D eigenvalue weighted by molar-refractivity contribution is 0.0391. The first kappa shape index (κ1) is 20.3. The van der Waals surface area contributed by atoms with Crippen molar-refractivity contribution in [1.82, 2.24) is 4.57 Å². The van der Waals surface area contributed by atoms with E-state index >= 15 is 0 Å². The first-order valence-electron chi connectivity index (χ1n) is 10.2. The Morgan fingerprint density at radius 3 is 2.35 bits per heavy atom. The third kappa shape index (κ3) is 3.26. The molecular weight excluding hydrogens is 413 g/mol. The molecule has 0 saturated carbocycles. The maximum Gasteiger partial charge on any atom is 0.360 e. The summed E-state index contributed by atoms with van der Waals surface area (Å²) in [4.78, 5) is 12.7. The zero-order valence-electron chi connectivity index (χ0n) is 17.7. The topological polar surface area (TPSA) is 70.7 Å². The van der Waals surface area contributed by atoms with E-state index in [1.807, 2.05) is 80.1 Å². The predicted octanol–water partition coefficient (Wildman–Crippen LogP) is 5.64. The Hall–Kier alpha value is -2.66. The summed E-state index contributed by atoms with van der Waals surface area (Å²) in [6.07, 6.45) is 1.42. The van der Waals surface area contributed by atoms with Gasteiger partial charge in [-0.2, -0.15) is 0 Å². The van der Waals surface area contributed by atoms with E-state index in [1.54, 1.807) is 0 Å². The number of para-hydroxylation sites is 1. The SMILES string of the molecule is Cn1c2ccccc2c2c([C@H](c3ccccc3)P3(=O)OCC(C)(C)CO3)coc(=O)c21. The first-order valence-corrected chi connectivity index (χ1v) is 11.8. The maximum absolute atomic E-state index is 14.1. The van der Waals surface area contributed by atoms with Crippen molar-refractivity contribution in [3.05, 3.63) is 82.4 Å². The average molecular weight is 437 g/mol. The molecule has 2 aromatic carbocycles. The van der Waals surface area contributed by atoms with Gasteiger partial charge in [0.05, 0.1) is 13.2 Å². The summed E-state index contributed by atoms with van der Waals surface area (Å²) in [6.45, 7) is 4.67. The van der Waals surface area contributed by atoms with E-state index in [2.05, 4.69) is 0 Å². The van der Waals surface area contributed by atoms with Gasteiger partial charge >= 0.3 is 13.2 Å². The quantitative estimate of drug-likeness (QED) is 0.388. The van der Waals surface area contributed by atoms with E-state index in [1.165, 1.54) is 6.26 Å². The van der Waals surface area contributed by atoms with Crippen molar-refractivity contribution in [3.63, 3.8) is 0 Å². The van der Waals surface area contributed by atoms with E-state index < -0.39 is 18.9 Å². The molecule has 5 rings (SSSR count). The highest BCUT2D eigenvalue weighted by atomic mass is 31.2. The van der Waals surface area contributed by atoms with Crippen molar-refractivity contribution in [2.45, 2.75) is 19.5 Å². The normalized spacial score (nSPS) is 18.9. The molecule has 0 amide bonds. The Morgan fingerprint density at radius 2 is 1.65 bits per heavy atom. The van der Waals surface area contributed by atoms with Crippen LogP contribution in [0, 0.1) is 5.41 Å². The van der Waals surface area contributed by atoms with Crippen LogP contribution < -0.4 is 5.63 Å². The number of hydrogen-bond donors (Lipinski definition) is 0. The number of rotatable bonds is 3. The van der Waals surface area contributed by atoms with E-state index in [0.29, 0.717) is 24.3 Å². The number of benzene rings is 2. The fraction of sp³-hybridized carbons (Fsp3) is 0.292. The molecule has 0 bridgehead atoms. The van der Waals surface area contributed by atoms with Gasteiger partial charge in [-0.05, 0) is 11.6 Å². The zero-order chi connectivity index (χ0) is 21.8. The Morgan fingerprint density at radius 1 is 1.00 bits per heavy atom. The molecule has 0 aliphatic carbocycles. The molecule has 3 heterocycles. The van der Waals surface area contributed by atoms with Crippen LogP contribution in [0.2, 0.25) is 0 Å². The average Bonchev–Trinajstić information content (AvgIpc) is 3.07. The minimum Gasteiger partial charge on any atom is -0.429 e. The number of aromatic nitrogens is 1. The Bertz CT molecular complexity index is 1370. The molecule has 4 aromatic rings. The molecule has 1 atom stereocenters. The third-order valence-electron chi connectivity index (χ3n) is 5.88. The largest absolute Gasteiger partial charge is 0.429 e. The van der Waals surface area contributed by atoms with Crippen LogP contribution in [0.1, 0.15) is 30.6 Å². The lowest BCUT2D eigenvalue weighted by Crippen LogP contribution is -2.30. The summed E-state index contributed by atoms with van der Waals surface area (Å²) in [5.41, 5.74) is 1.36. The number of nitrogens with zero attached hydrogens (tertiary/aromatic N) is 1. The van der Waals surface area contributed by atoms with Crippen LogP contribution >= 0.6 is 7.60 Å². The summed E-state index contributed by atoms with van der Waals surface area (Å²) in [7, 11) is -1.77. The molecule has 1 saturated heterocycles. The molecule has 7 heteroatoms. The van der Waals surface area contributed by atoms with Gasteiger partial charge in [-0.3, -0.25) is 4.57 Å². The van der Waals surface area contributed by atoms with Crippen LogP contribution in [0.4, 0.5) is 0 Å². The molecule has 0 N–H and O–H groups in total. The summed E-state index contributed by atoms with van der Waals surface area (Å²) >= 11 is 0. The van der Waals surface area contributed by atoms with E-state index in [0.717, 1.165) is 21.9 Å². The molecule has 31 heavy (non-hydrogen) atoms. The first-order chi connectivity index (χ1) is 14.8. The van der Waals surface area contributed by atoms with Crippen LogP contribution in [-0.4, -0.2) is 17.8 Å². The summed E-state index contributed by atoms with van der Waals surface area (Å²) in [6, 6.07) is 17.3. The smallest absolute Gasteiger partial charge is 0.360 e. The van der Waals surface area contributed by atoms with Gasteiger partial charge in [0.25, 0.3) is 0 Å². The van der Waals surface area contributed by atoms with Gasteiger partial charge in [-0.25, -0.2) is 4.79 Å². The number of fused-ring (bicyclic) bond motifs is 3. The van der Waals surface area contributed by atoms with Crippen LogP contribution in [0.15, 0.2) is 70.1 Å². The van der Waals surface area contributed by atoms with E-state index in [9.17, 15) is 9.36 Å². The van der Waals surface area contributed by atoms with Crippen molar-refractivity contribution in [2.24, 2.45) is 12.5 Å². The highest BCUT2D eigenvalue weighted by Gasteiger charge is 2.45. The van der Waals surface area contributed by atoms with Gasteiger partial charge in [0.1, 0.15) is 17.4 Å². The van der Waals surface area contributed by atoms with Gasteiger partial charge in [-0.1, -0.05) is 62.4 Å². The lowest BCUT2D eigenvalue weighted by Gasteiger charge is -2.37. The highest BCUT2D eigenvalue weighted by Crippen LogP contribution is 2.67. The number of aryl methyl sites for hydroxylation is 1. The van der Waals surface area contributed by atoms with Crippen LogP contribution in [0.5, 0.6) is 0 Å². The molecule has 0 spiro atoms. The van der Waals surface area contributed by atoms with Gasteiger partial charge in [-0.15, -0.1) is 0 Å². The van der Waals surface area contributed by atoms with Crippen LogP contribution in [-0.2, 0) is 20.7 Å². The van der Waals surface area contributed by atoms with Crippen molar-refractivity contribution >= 4 is 29.4 Å². The second kappa shape index (κ2) is 7.20.